The maximum Gasteiger partial charge on any atom is 0.258 e. The van der Waals surface area contributed by atoms with Crippen LogP contribution in [0.4, 0.5) is 5.69 Å². The monoisotopic (exact) mass is 472 g/mol. The lowest BCUT2D eigenvalue weighted by Crippen LogP contribution is -2.55. The van der Waals surface area contributed by atoms with Crippen LogP contribution >= 0.6 is 0 Å². The van der Waals surface area contributed by atoms with Crippen LogP contribution < -0.4 is 15.4 Å². The molecule has 0 radical (unpaired) electrons. The second-order valence-electron chi connectivity index (χ2n) is 8.71. The van der Waals surface area contributed by atoms with Crippen molar-refractivity contribution in [2.45, 2.75) is 61.9 Å². The number of allylic oxidation sites excluding steroid dienone is 1. The fourth-order valence-corrected chi connectivity index (χ4v) is 5.50. The van der Waals surface area contributed by atoms with Crippen LogP contribution in [0.25, 0.3) is 0 Å². The fourth-order valence-electron chi connectivity index (χ4n) is 4.52. The highest BCUT2D eigenvalue weighted by Gasteiger charge is 2.61. The van der Waals surface area contributed by atoms with E-state index in [1.54, 1.807) is 24.3 Å². The van der Waals surface area contributed by atoms with Crippen LogP contribution in [-0.2, 0) is 30.2 Å². The Labute approximate surface area is 194 Å². The standard InChI is InChI=1S/C23H28N4O5S/c1-15(28)27-13-7-10-18(27)21(30)25-23-14-16(23)8-3-2-4-12-20(29)24-17-9-5-6-11-19(17)33(32)26-22(23)31/h3,5-6,8-9,11,16,18H,2,4,7,10,12-14H2,1H3,(H,24,29)(H,25,30)(H,26,31)/b8-3-/t16-,18+,23+,33?/m1/s1. The molecule has 2 heterocycles. The van der Waals surface area contributed by atoms with Gasteiger partial charge in [-0.25, -0.2) is 4.21 Å². The van der Waals surface area contributed by atoms with Gasteiger partial charge in [-0.15, -0.1) is 0 Å². The van der Waals surface area contributed by atoms with Crippen LogP contribution in [0, 0.1) is 5.92 Å². The number of benzene rings is 1. The predicted molar refractivity (Wildman–Crippen MR) is 122 cm³/mol. The van der Waals surface area contributed by atoms with E-state index >= 15 is 0 Å². The molecule has 33 heavy (non-hydrogen) atoms. The van der Waals surface area contributed by atoms with E-state index in [9.17, 15) is 23.4 Å². The quantitative estimate of drug-likeness (QED) is 0.561. The molecule has 0 aromatic heterocycles. The third kappa shape index (κ3) is 4.85. The number of hydrogen-bond donors (Lipinski definition) is 3. The average molecular weight is 473 g/mol. The van der Waals surface area contributed by atoms with Crippen molar-refractivity contribution in [3.63, 3.8) is 0 Å². The van der Waals surface area contributed by atoms with Crippen molar-refractivity contribution in [3.05, 3.63) is 36.4 Å². The summed E-state index contributed by atoms with van der Waals surface area (Å²) < 4.78 is 15.5. The van der Waals surface area contributed by atoms with Gasteiger partial charge in [-0.2, -0.15) is 0 Å². The SMILES string of the molecule is CC(=O)N1CCC[C@H]1C(=O)N[C@@]12C[C@H]1/C=C\CCCC(=O)Nc1ccccc1S(=O)NC2=O. The van der Waals surface area contributed by atoms with Gasteiger partial charge in [0.2, 0.25) is 17.7 Å². The van der Waals surface area contributed by atoms with Gasteiger partial charge in [0.1, 0.15) is 11.6 Å². The summed E-state index contributed by atoms with van der Waals surface area (Å²) in [5.74, 6) is -1.52. The predicted octanol–water partition coefficient (Wildman–Crippen LogP) is 1.39. The molecule has 3 aliphatic rings. The Bertz CT molecular complexity index is 1040. The van der Waals surface area contributed by atoms with Crippen molar-refractivity contribution in [2.24, 2.45) is 5.92 Å². The Kier molecular flexibility index (Phi) is 6.64. The lowest BCUT2D eigenvalue weighted by Gasteiger charge is -2.26. The molecule has 2 fully saturated rings. The first-order chi connectivity index (χ1) is 15.8. The van der Waals surface area contributed by atoms with Crippen molar-refractivity contribution in [2.75, 3.05) is 11.9 Å². The van der Waals surface area contributed by atoms with Gasteiger partial charge in [0.05, 0.1) is 10.6 Å². The molecule has 1 saturated heterocycles. The molecule has 1 aromatic carbocycles. The topological polar surface area (TPSA) is 125 Å². The lowest BCUT2D eigenvalue weighted by atomic mass is 10.1. The molecule has 4 atom stereocenters. The number of fused-ring (bicyclic) bond motifs is 2. The van der Waals surface area contributed by atoms with E-state index in [4.69, 9.17) is 0 Å². The molecule has 1 aromatic rings. The van der Waals surface area contributed by atoms with E-state index in [2.05, 4.69) is 15.4 Å². The number of rotatable bonds is 2. The highest BCUT2D eigenvalue weighted by Crippen LogP contribution is 2.45. The zero-order valence-corrected chi connectivity index (χ0v) is 19.3. The largest absolute Gasteiger partial charge is 0.339 e. The van der Waals surface area contributed by atoms with Crippen LogP contribution in [0.2, 0.25) is 0 Å². The average Bonchev–Trinajstić information content (AvgIpc) is 3.23. The summed E-state index contributed by atoms with van der Waals surface area (Å²) in [5, 5.41) is 5.64. The molecule has 2 aliphatic heterocycles. The van der Waals surface area contributed by atoms with Gasteiger partial charge in [0.25, 0.3) is 5.91 Å². The summed E-state index contributed by atoms with van der Waals surface area (Å²) in [5.41, 5.74) is -0.835. The number of carbonyl (C=O) groups excluding carboxylic acids is 4. The van der Waals surface area contributed by atoms with Gasteiger partial charge in [-0.1, -0.05) is 24.3 Å². The maximum absolute atomic E-state index is 13.3. The zero-order chi connectivity index (χ0) is 23.6. The Morgan fingerprint density at radius 3 is 2.79 bits per heavy atom. The van der Waals surface area contributed by atoms with Crippen molar-refractivity contribution < 1.29 is 23.4 Å². The normalized spacial score (nSPS) is 30.7. The summed E-state index contributed by atoms with van der Waals surface area (Å²) in [7, 11) is -1.94. The van der Waals surface area contributed by atoms with E-state index in [0.29, 0.717) is 44.3 Å². The van der Waals surface area contributed by atoms with Crippen LogP contribution in [0.1, 0.15) is 45.4 Å². The number of likely N-dealkylation sites (tertiary alicyclic amines) is 1. The zero-order valence-electron chi connectivity index (χ0n) is 18.5. The van der Waals surface area contributed by atoms with E-state index in [0.717, 1.165) is 6.42 Å². The molecule has 0 spiro atoms. The van der Waals surface area contributed by atoms with Gasteiger partial charge in [-0.3, -0.25) is 23.9 Å². The minimum atomic E-state index is -1.94. The third-order valence-corrected chi connectivity index (χ3v) is 7.54. The highest BCUT2D eigenvalue weighted by atomic mass is 32.2. The van der Waals surface area contributed by atoms with Crippen molar-refractivity contribution in [1.82, 2.24) is 14.9 Å². The number of nitrogens with one attached hydrogen (secondary N) is 3. The third-order valence-electron chi connectivity index (χ3n) is 6.42. The summed E-state index contributed by atoms with van der Waals surface area (Å²) in [4.78, 5) is 52.3. The Morgan fingerprint density at radius 2 is 2.00 bits per heavy atom. The van der Waals surface area contributed by atoms with Gasteiger partial charge < -0.3 is 15.5 Å². The van der Waals surface area contributed by atoms with E-state index < -0.39 is 28.5 Å². The summed E-state index contributed by atoms with van der Waals surface area (Å²) >= 11 is 0. The number of anilines is 1. The summed E-state index contributed by atoms with van der Waals surface area (Å²) in [6.45, 7) is 1.95. The summed E-state index contributed by atoms with van der Waals surface area (Å²) in [6.07, 6.45) is 7.03. The summed E-state index contributed by atoms with van der Waals surface area (Å²) in [6, 6.07) is 6.00. The minimum Gasteiger partial charge on any atom is -0.339 e. The second-order valence-corrected chi connectivity index (χ2v) is 9.89. The van der Waals surface area contributed by atoms with E-state index in [-0.39, 0.29) is 28.5 Å². The van der Waals surface area contributed by atoms with Gasteiger partial charge in [-0.05, 0) is 44.2 Å². The molecular weight excluding hydrogens is 444 g/mol. The molecule has 9 nitrogen and oxygen atoms in total. The van der Waals surface area contributed by atoms with Crippen LogP contribution in [-0.4, -0.2) is 50.9 Å². The fraction of sp³-hybridized carbons (Fsp3) is 0.478. The van der Waals surface area contributed by atoms with Crippen molar-refractivity contribution >= 4 is 40.3 Å². The number of hydrogen-bond acceptors (Lipinski definition) is 5. The van der Waals surface area contributed by atoms with E-state index in [1.165, 1.54) is 11.8 Å². The molecule has 3 N–H and O–H groups in total. The molecule has 176 valence electrons. The molecule has 1 saturated carbocycles. The first kappa shape index (κ1) is 23.2. The molecule has 10 heteroatoms. The van der Waals surface area contributed by atoms with Crippen LogP contribution in [0.15, 0.2) is 41.3 Å². The van der Waals surface area contributed by atoms with Crippen molar-refractivity contribution in [3.8, 4) is 0 Å². The number of carbonyl (C=O) groups is 4. The van der Waals surface area contributed by atoms with Gasteiger partial charge >= 0.3 is 0 Å². The smallest absolute Gasteiger partial charge is 0.258 e. The lowest BCUT2D eigenvalue weighted by molar-refractivity contribution is -0.138. The maximum atomic E-state index is 13.3. The first-order valence-electron chi connectivity index (χ1n) is 11.2. The number of nitrogens with zero attached hydrogens (tertiary/aromatic N) is 1. The molecule has 4 rings (SSSR count). The Hall–Kier alpha value is -3.01. The molecule has 1 unspecified atom stereocenters. The Balaban J connectivity index is 1.58. The second kappa shape index (κ2) is 9.46. The van der Waals surface area contributed by atoms with E-state index in [1.807, 2.05) is 12.2 Å². The molecular formula is C23H28N4O5S. The first-order valence-corrected chi connectivity index (χ1v) is 12.3. The number of amides is 4. The van der Waals surface area contributed by atoms with Crippen LogP contribution in [0.3, 0.4) is 0 Å². The number of para-hydroxylation sites is 1. The minimum absolute atomic E-state index is 0.174. The van der Waals surface area contributed by atoms with Crippen LogP contribution in [0.5, 0.6) is 0 Å². The molecule has 4 amide bonds. The highest BCUT2D eigenvalue weighted by molar-refractivity contribution is 7.83. The van der Waals surface area contributed by atoms with Crippen molar-refractivity contribution in [1.29, 1.82) is 0 Å². The van der Waals surface area contributed by atoms with Gasteiger partial charge in [0.15, 0.2) is 11.0 Å². The Morgan fingerprint density at radius 1 is 1.21 bits per heavy atom. The molecule has 1 aliphatic carbocycles. The van der Waals surface area contributed by atoms with Gasteiger partial charge in [0, 0.05) is 25.8 Å². The molecule has 0 bridgehead atoms.